The Labute approximate surface area is 236 Å². The van der Waals surface area contributed by atoms with Gasteiger partial charge in [0.1, 0.15) is 12.2 Å². The van der Waals surface area contributed by atoms with E-state index in [1.807, 2.05) is 60.7 Å². The molecule has 2 aromatic rings. The number of esters is 1. The van der Waals surface area contributed by atoms with Crippen LogP contribution in [0.25, 0.3) is 0 Å². The molecule has 0 saturated carbocycles. The lowest BCUT2D eigenvalue weighted by Crippen LogP contribution is -2.67. The van der Waals surface area contributed by atoms with Gasteiger partial charge in [0.2, 0.25) is 5.91 Å². The number of nitrogens with zero attached hydrogens (tertiary/aromatic N) is 1. The average molecular weight is 555 g/mol. The van der Waals surface area contributed by atoms with Crippen molar-refractivity contribution in [1.29, 1.82) is 0 Å². The SMILES string of the molecule is CC1CCC(C(=O)N[C@H](C(=O)OCc2ccccc2)[C@@H](C)OCc2ccccc2)(C(C)O)N1C(=O)OC(C)(C)C. The molecule has 1 fully saturated rings. The normalized spacial score (nSPS) is 21.3. The van der Waals surface area contributed by atoms with Crippen LogP contribution in [0.2, 0.25) is 0 Å². The molecule has 40 heavy (non-hydrogen) atoms. The molecule has 218 valence electrons. The summed E-state index contributed by atoms with van der Waals surface area (Å²) in [6, 6.07) is 17.1. The first kappa shape index (κ1) is 31.1. The summed E-state index contributed by atoms with van der Waals surface area (Å²) in [4.78, 5) is 42.0. The molecule has 5 atom stereocenters. The fourth-order valence-electron chi connectivity index (χ4n) is 4.90. The summed E-state index contributed by atoms with van der Waals surface area (Å²) < 4.78 is 17.2. The van der Waals surface area contributed by atoms with Crippen LogP contribution in [0.3, 0.4) is 0 Å². The van der Waals surface area contributed by atoms with Crippen LogP contribution in [0.1, 0.15) is 65.5 Å². The Kier molecular flexibility index (Phi) is 10.3. The molecule has 0 aromatic heterocycles. The number of benzene rings is 2. The van der Waals surface area contributed by atoms with Crippen molar-refractivity contribution in [3.05, 3.63) is 71.8 Å². The van der Waals surface area contributed by atoms with Crippen molar-refractivity contribution >= 4 is 18.0 Å². The number of aliphatic hydroxyl groups excluding tert-OH is 1. The maximum atomic E-state index is 14.0. The van der Waals surface area contributed by atoms with Gasteiger partial charge >= 0.3 is 12.1 Å². The van der Waals surface area contributed by atoms with Gasteiger partial charge in [-0.05, 0) is 65.5 Å². The number of likely N-dealkylation sites (tertiary alicyclic amines) is 1. The van der Waals surface area contributed by atoms with E-state index in [1.54, 1.807) is 34.6 Å². The lowest BCUT2D eigenvalue weighted by Gasteiger charge is -2.42. The van der Waals surface area contributed by atoms with Crippen molar-refractivity contribution in [3.8, 4) is 0 Å². The summed E-state index contributed by atoms with van der Waals surface area (Å²) in [6.07, 6.45) is -2.06. The van der Waals surface area contributed by atoms with Crippen LogP contribution in [0.4, 0.5) is 4.79 Å². The van der Waals surface area contributed by atoms with E-state index in [-0.39, 0.29) is 25.7 Å². The second kappa shape index (κ2) is 13.3. The summed E-state index contributed by atoms with van der Waals surface area (Å²) in [5.74, 6) is -1.36. The van der Waals surface area contributed by atoms with Gasteiger partial charge in [0.05, 0.1) is 18.8 Å². The molecule has 1 aliphatic rings. The molecule has 9 heteroatoms. The smallest absolute Gasteiger partial charge is 0.411 e. The predicted octanol–water partition coefficient (Wildman–Crippen LogP) is 4.36. The number of hydrogen-bond acceptors (Lipinski definition) is 7. The number of carbonyl (C=O) groups excluding carboxylic acids is 3. The largest absolute Gasteiger partial charge is 0.459 e. The average Bonchev–Trinajstić information content (AvgIpc) is 3.27. The van der Waals surface area contributed by atoms with Gasteiger partial charge in [0.15, 0.2) is 11.6 Å². The zero-order valence-electron chi connectivity index (χ0n) is 24.3. The molecule has 1 heterocycles. The Morgan fingerprint density at radius 3 is 2.08 bits per heavy atom. The number of amides is 2. The predicted molar refractivity (Wildman–Crippen MR) is 150 cm³/mol. The second-order valence-electron chi connectivity index (χ2n) is 11.4. The highest BCUT2D eigenvalue weighted by atomic mass is 16.6. The van der Waals surface area contributed by atoms with Crippen molar-refractivity contribution in [2.75, 3.05) is 0 Å². The van der Waals surface area contributed by atoms with Crippen molar-refractivity contribution in [1.82, 2.24) is 10.2 Å². The molecule has 3 rings (SSSR count). The zero-order chi connectivity index (χ0) is 29.5. The molecular formula is C31H42N2O7. The zero-order valence-corrected chi connectivity index (χ0v) is 24.3. The molecule has 0 bridgehead atoms. The molecule has 2 aromatic carbocycles. The Morgan fingerprint density at radius 2 is 1.55 bits per heavy atom. The van der Waals surface area contributed by atoms with Crippen LogP contribution >= 0.6 is 0 Å². The lowest BCUT2D eigenvalue weighted by atomic mass is 9.88. The van der Waals surface area contributed by atoms with Crippen LogP contribution in [0, 0.1) is 0 Å². The minimum absolute atomic E-state index is 0.0140. The first-order valence-electron chi connectivity index (χ1n) is 13.7. The monoisotopic (exact) mass is 554 g/mol. The number of hydrogen-bond donors (Lipinski definition) is 2. The Hall–Kier alpha value is -3.43. The minimum atomic E-state index is -1.64. The molecule has 2 N–H and O–H groups in total. The molecular weight excluding hydrogens is 512 g/mol. The highest BCUT2D eigenvalue weighted by Crippen LogP contribution is 2.38. The van der Waals surface area contributed by atoms with Gasteiger partial charge in [-0.3, -0.25) is 9.69 Å². The van der Waals surface area contributed by atoms with Crippen LogP contribution < -0.4 is 5.32 Å². The fourth-order valence-corrected chi connectivity index (χ4v) is 4.90. The lowest BCUT2D eigenvalue weighted by molar-refractivity contribution is -0.157. The van der Waals surface area contributed by atoms with Gasteiger partial charge in [-0.1, -0.05) is 60.7 Å². The molecule has 0 spiro atoms. The minimum Gasteiger partial charge on any atom is -0.459 e. The summed E-state index contributed by atoms with van der Waals surface area (Å²) >= 11 is 0. The molecule has 3 unspecified atom stereocenters. The molecule has 2 amide bonds. The Morgan fingerprint density at radius 1 is 1.00 bits per heavy atom. The number of rotatable bonds is 10. The van der Waals surface area contributed by atoms with E-state index < -0.39 is 47.4 Å². The van der Waals surface area contributed by atoms with Crippen molar-refractivity contribution < 1.29 is 33.7 Å². The maximum Gasteiger partial charge on any atom is 0.411 e. The highest BCUT2D eigenvalue weighted by molar-refractivity contribution is 5.94. The number of nitrogens with one attached hydrogen (secondary N) is 1. The fraction of sp³-hybridized carbons (Fsp3) is 0.516. The van der Waals surface area contributed by atoms with E-state index in [0.29, 0.717) is 6.42 Å². The van der Waals surface area contributed by atoms with E-state index in [9.17, 15) is 19.5 Å². The first-order valence-corrected chi connectivity index (χ1v) is 13.7. The molecule has 1 aliphatic heterocycles. The van der Waals surface area contributed by atoms with Crippen LogP contribution in [-0.2, 0) is 37.0 Å². The van der Waals surface area contributed by atoms with E-state index >= 15 is 0 Å². The summed E-state index contributed by atoms with van der Waals surface area (Å²) in [5, 5.41) is 13.7. The van der Waals surface area contributed by atoms with Crippen LogP contribution in [0.15, 0.2) is 60.7 Å². The van der Waals surface area contributed by atoms with E-state index in [0.717, 1.165) is 11.1 Å². The van der Waals surface area contributed by atoms with Gasteiger partial charge in [-0.25, -0.2) is 9.59 Å². The maximum absolute atomic E-state index is 14.0. The van der Waals surface area contributed by atoms with Crippen molar-refractivity contribution in [2.45, 2.75) is 103 Å². The number of carbonyl (C=O) groups is 3. The van der Waals surface area contributed by atoms with Gasteiger partial charge in [0, 0.05) is 6.04 Å². The summed E-state index contributed by atoms with van der Waals surface area (Å²) in [7, 11) is 0. The molecule has 0 aliphatic carbocycles. The van der Waals surface area contributed by atoms with Crippen LogP contribution in [0.5, 0.6) is 0 Å². The third-order valence-corrected chi connectivity index (χ3v) is 7.08. The highest BCUT2D eigenvalue weighted by Gasteiger charge is 2.57. The third-order valence-electron chi connectivity index (χ3n) is 7.08. The Balaban J connectivity index is 1.86. The summed E-state index contributed by atoms with van der Waals surface area (Å²) in [5.41, 5.74) is -0.749. The Bertz CT molecular complexity index is 1130. The van der Waals surface area contributed by atoms with E-state index in [4.69, 9.17) is 14.2 Å². The van der Waals surface area contributed by atoms with Gasteiger partial charge in [-0.15, -0.1) is 0 Å². The molecule has 0 radical (unpaired) electrons. The molecule has 1 saturated heterocycles. The van der Waals surface area contributed by atoms with E-state index in [1.165, 1.54) is 11.8 Å². The van der Waals surface area contributed by atoms with Crippen molar-refractivity contribution in [3.63, 3.8) is 0 Å². The number of ether oxygens (including phenoxy) is 3. The second-order valence-corrected chi connectivity index (χ2v) is 11.4. The summed E-state index contributed by atoms with van der Waals surface area (Å²) in [6.45, 7) is 10.4. The van der Waals surface area contributed by atoms with Gasteiger partial charge < -0.3 is 24.6 Å². The topological polar surface area (TPSA) is 114 Å². The van der Waals surface area contributed by atoms with Crippen molar-refractivity contribution in [2.24, 2.45) is 0 Å². The standard InChI is InChI=1S/C31H42N2O7/c1-21-17-18-31(23(3)34,33(21)29(37)40-30(4,5)6)28(36)32-26(22(2)38-19-24-13-9-7-10-14-24)27(35)39-20-25-15-11-8-12-16-25/h7-16,21-23,26,34H,17-20H2,1-6H3,(H,32,36)/t21?,22-,23?,26+,31?/m1/s1. The first-order chi connectivity index (χ1) is 18.8. The third kappa shape index (κ3) is 7.61. The van der Waals surface area contributed by atoms with Crippen LogP contribution in [-0.4, -0.2) is 63.4 Å². The van der Waals surface area contributed by atoms with Gasteiger partial charge in [-0.2, -0.15) is 0 Å². The van der Waals surface area contributed by atoms with Gasteiger partial charge in [0.25, 0.3) is 0 Å². The van der Waals surface area contributed by atoms with E-state index in [2.05, 4.69) is 5.32 Å². The number of aliphatic hydroxyl groups is 1. The quantitative estimate of drug-likeness (QED) is 0.420. The molecule has 9 nitrogen and oxygen atoms in total.